The lowest BCUT2D eigenvalue weighted by molar-refractivity contribution is 0.729. The van der Waals surface area contributed by atoms with Gasteiger partial charge in [-0.25, -0.2) is 4.98 Å². The van der Waals surface area contributed by atoms with E-state index in [0.717, 1.165) is 28.3 Å². The average molecular weight is 324 g/mol. The third kappa shape index (κ3) is 4.40. The van der Waals surface area contributed by atoms with Crippen LogP contribution in [0.2, 0.25) is 0 Å². The van der Waals surface area contributed by atoms with Gasteiger partial charge < -0.3 is 5.32 Å². The molecule has 2 aromatic rings. The van der Waals surface area contributed by atoms with Gasteiger partial charge in [0, 0.05) is 41.9 Å². The number of rotatable bonds is 6. The molecule has 5 heteroatoms. The Morgan fingerprint density at radius 1 is 1.22 bits per heavy atom. The van der Waals surface area contributed by atoms with Gasteiger partial charge in [-0.05, 0) is 39.7 Å². The fraction of sp³-hybridized carbons (Fsp3) is 0.231. The second kappa shape index (κ2) is 7.51. The molecule has 2 rings (SSSR count). The van der Waals surface area contributed by atoms with Crippen molar-refractivity contribution in [3.05, 3.63) is 52.9 Å². The van der Waals surface area contributed by atoms with E-state index in [1.807, 2.05) is 30.6 Å². The molecule has 0 aliphatic carbocycles. The summed E-state index contributed by atoms with van der Waals surface area (Å²) in [7, 11) is 0. The SMILES string of the molecule is Brc1cccnc1SCCNCc1cccnc1. The van der Waals surface area contributed by atoms with Gasteiger partial charge in [-0.2, -0.15) is 0 Å². The number of nitrogens with zero attached hydrogens (tertiary/aromatic N) is 2. The number of aromatic nitrogens is 2. The van der Waals surface area contributed by atoms with E-state index in [2.05, 4.69) is 37.3 Å². The summed E-state index contributed by atoms with van der Waals surface area (Å²) in [6, 6.07) is 7.96. The molecule has 2 aromatic heterocycles. The molecule has 0 radical (unpaired) electrons. The second-order valence-corrected chi connectivity index (χ2v) is 5.61. The molecule has 0 aliphatic rings. The van der Waals surface area contributed by atoms with Crippen molar-refractivity contribution < 1.29 is 0 Å². The molecule has 94 valence electrons. The van der Waals surface area contributed by atoms with Crippen molar-refractivity contribution in [3.8, 4) is 0 Å². The van der Waals surface area contributed by atoms with E-state index in [9.17, 15) is 0 Å². The number of pyridine rings is 2. The van der Waals surface area contributed by atoms with E-state index in [0.29, 0.717) is 0 Å². The van der Waals surface area contributed by atoms with Crippen LogP contribution >= 0.6 is 27.7 Å². The Labute approximate surface area is 120 Å². The van der Waals surface area contributed by atoms with E-state index >= 15 is 0 Å². The minimum Gasteiger partial charge on any atom is -0.312 e. The summed E-state index contributed by atoms with van der Waals surface area (Å²) in [4.78, 5) is 8.39. The van der Waals surface area contributed by atoms with E-state index < -0.39 is 0 Å². The van der Waals surface area contributed by atoms with Crippen molar-refractivity contribution in [2.45, 2.75) is 11.6 Å². The fourth-order valence-electron chi connectivity index (χ4n) is 1.43. The third-order valence-electron chi connectivity index (χ3n) is 2.29. The summed E-state index contributed by atoms with van der Waals surface area (Å²) in [5, 5.41) is 4.43. The van der Waals surface area contributed by atoms with Crippen LogP contribution in [0.1, 0.15) is 5.56 Å². The van der Waals surface area contributed by atoms with E-state index in [1.165, 1.54) is 5.56 Å². The van der Waals surface area contributed by atoms with Crippen LogP contribution in [0.4, 0.5) is 0 Å². The van der Waals surface area contributed by atoms with Gasteiger partial charge in [0.1, 0.15) is 5.03 Å². The maximum atomic E-state index is 4.31. The molecular weight excluding hydrogens is 310 g/mol. The zero-order valence-corrected chi connectivity index (χ0v) is 12.2. The summed E-state index contributed by atoms with van der Waals surface area (Å²) in [5.74, 6) is 0.996. The Hall–Kier alpha value is -0.910. The normalized spacial score (nSPS) is 10.5. The summed E-state index contributed by atoms with van der Waals surface area (Å²) in [5.41, 5.74) is 1.21. The molecule has 18 heavy (non-hydrogen) atoms. The van der Waals surface area contributed by atoms with Crippen molar-refractivity contribution in [2.75, 3.05) is 12.3 Å². The molecule has 1 N–H and O–H groups in total. The molecule has 0 aliphatic heterocycles. The van der Waals surface area contributed by atoms with Gasteiger partial charge >= 0.3 is 0 Å². The molecule has 0 unspecified atom stereocenters. The van der Waals surface area contributed by atoms with Gasteiger partial charge in [0.2, 0.25) is 0 Å². The highest BCUT2D eigenvalue weighted by molar-refractivity contribution is 9.10. The summed E-state index contributed by atoms with van der Waals surface area (Å²) >= 11 is 5.24. The lowest BCUT2D eigenvalue weighted by atomic mass is 10.3. The molecule has 0 aromatic carbocycles. The first-order valence-electron chi connectivity index (χ1n) is 5.69. The zero-order valence-electron chi connectivity index (χ0n) is 9.84. The summed E-state index contributed by atoms with van der Waals surface area (Å²) in [6.45, 7) is 1.81. The van der Waals surface area contributed by atoms with E-state index in [1.54, 1.807) is 18.0 Å². The van der Waals surface area contributed by atoms with Crippen LogP contribution in [-0.2, 0) is 6.54 Å². The van der Waals surface area contributed by atoms with Gasteiger partial charge in [0.25, 0.3) is 0 Å². The zero-order chi connectivity index (χ0) is 12.6. The highest BCUT2D eigenvalue weighted by atomic mass is 79.9. The van der Waals surface area contributed by atoms with Crippen molar-refractivity contribution >= 4 is 27.7 Å². The highest BCUT2D eigenvalue weighted by Crippen LogP contribution is 2.23. The first-order valence-corrected chi connectivity index (χ1v) is 7.47. The molecule has 2 heterocycles. The summed E-state index contributed by atoms with van der Waals surface area (Å²) < 4.78 is 1.06. The maximum absolute atomic E-state index is 4.31. The maximum Gasteiger partial charge on any atom is 0.110 e. The van der Waals surface area contributed by atoms with Gasteiger partial charge in [-0.1, -0.05) is 6.07 Å². The number of thioether (sulfide) groups is 1. The van der Waals surface area contributed by atoms with Gasteiger partial charge in [-0.15, -0.1) is 11.8 Å². The predicted octanol–water partition coefficient (Wildman–Crippen LogP) is 3.12. The average Bonchev–Trinajstić information content (AvgIpc) is 2.42. The predicted molar refractivity (Wildman–Crippen MR) is 78.6 cm³/mol. The van der Waals surface area contributed by atoms with Crippen LogP contribution in [0, 0.1) is 0 Å². The van der Waals surface area contributed by atoms with Crippen molar-refractivity contribution in [3.63, 3.8) is 0 Å². The summed E-state index contributed by atoms with van der Waals surface area (Å²) in [6.07, 6.45) is 5.49. The molecule has 0 atom stereocenters. The van der Waals surface area contributed by atoms with Crippen molar-refractivity contribution in [1.82, 2.24) is 15.3 Å². The van der Waals surface area contributed by atoms with E-state index in [4.69, 9.17) is 0 Å². The molecule has 0 bridgehead atoms. The van der Waals surface area contributed by atoms with Crippen LogP contribution in [0.5, 0.6) is 0 Å². The van der Waals surface area contributed by atoms with Crippen molar-refractivity contribution in [1.29, 1.82) is 0 Å². The minimum absolute atomic E-state index is 0.859. The Balaban J connectivity index is 1.66. The smallest absolute Gasteiger partial charge is 0.110 e. The Bertz CT molecular complexity index is 479. The molecule has 0 fully saturated rings. The number of hydrogen-bond acceptors (Lipinski definition) is 4. The molecule has 0 saturated heterocycles. The Morgan fingerprint density at radius 2 is 2.11 bits per heavy atom. The van der Waals surface area contributed by atoms with Crippen LogP contribution in [0.25, 0.3) is 0 Å². The molecule has 0 amide bonds. The van der Waals surface area contributed by atoms with Crippen LogP contribution in [0.15, 0.2) is 52.4 Å². The first kappa shape index (κ1) is 13.5. The number of halogens is 1. The standard InChI is InChI=1S/C13H14BrN3S/c14-12-4-2-6-17-13(12)18-8-7-16-10-11-3-1-5-15-9-11/h1-6,9,16H,7-8,10H2. The molecule has 3 nitrogen and oxygen atoms in total. The van der Waals surface area contributed by atoms with Crippen molar-refractivity contribution in [2.24, 2.45) is 0 Å². The van der Waals surface area contributed by atoms with Gasteiger partial charge in [0.05, 0.1) is 0 Å². The van der Waals surface area contributed by atoms with Gasteiger partial charge in [-0.3, -0.25) is 4.98 Å². The first-order chi connectivity index (χ1) is 8.86. The van der Waals surface area contributed by atoms with Crippen LogP contribution in [-0.4, -0.2) is 22.3 Å². The lowest BCUT2D eigenvalue weighted by Gasteiger charge is -2.05. The Morgan fingerprint density at radius 3 is 2.89 bits per heavy atom. The third-order valence-corrected chi connectivity index (χ3v) is 4.20. The van der Waals surface area contributed by atoms with Crippen LogP contribution < -0.4 is 5.32 Å². The second-order valence-electron chi connectivity index (χ2n) is 3.68. The Kier molecular flexibility index (Phi) is 5.64. The van der Waals surface area contributed by atoms with Crippen LogP contribution in [0.3, 0.4) is 0 Å². The quantitative estimate of drug-likeness (QED) is 0.654. The molecule has 0 spiro atoms. The lowest BCUT2D eigenvalue weighted by Crippen LogP contribution is -2.16. The molecule has 0 saturated carbocycles. The van der Waals surface area contributed by atoms with E-state index in [-0.39, 0.29) is 0 Å². The minimum atomic E-state index is 0.859. The topological polar surface area (TPSA) is 37.8 Å². The van der Waals surface area contributed by atoms with Gasteiger partial charge in [0.15, 0.2) is 0 Å². The molecular formula is C13H14BrN3S. The monoisotopic (exact) mass is 323 g/mol. The number of hydrogen-bond donors (Lipinski definition) is 1. The highest BCUT2D eigenvalue weighted by Gasteiger charge is 2.00. The fourth-order valence-corrected chi connectivity index (χ4v) is 2.81. The number of nitrogens with one attached hydrogen (secondary N) is 1. The largest absolute Gasteiger partial charge is 0.312 e.